The van der Waals surface area contributed by atoms with Gasteiger partial charge in [0, 0.05) is 43.8 Å². The van der Waals surface area contributed by atoms with E-state index in [9.17, 15) is 0 Å². The van der Waals surface area contributed by atoms with Gasteiger partial charge in [0.15, 0.2) is 0 Å². The van der Waals surface area contributed by atoms with Crippen molar-refractivity contribution in [2.75, 3.05) is 23.3 Å². The summed E-state index contributed by atoms with van der Waals surface area (Å²) < 4.78 is 0. The molecule has 1 aromatic carbocycles. The van der Waals surface area contributed by atoms with E-state index in [0.29, 0.717) is 12.0 Å². The van der Waals surface area contributed by atoms with E-state index in [0.717, 1.165) is 26.1 Å². The summed E-state index contributed by atoms with van der Waals surface area (Å²) in [5.41, 5.74) is 8.40. The lowest BCUT2D eigenvalue weighted by atomic mass is 10.2. The first-order valence-electron chi connectivity index (χ1n) is 6.91. The zero-order valence-electron chi connectivity index (χ0n) is 11.4. The Balaban J connectivity index is 1.59. The van der Waals surface area contributed by atoms with Crippen LogP contribution in [0.1, 0.15) is 12.0 Å². The predicted molar refractivity (Wildman–Crippen MR) is 80.6 cm³/mol. The number of nitrogens with zero attached hydrogens (tertiary/aromatic N) is 3. The van der Waals surface area contributed by atoms with E-state index in [1.807, 2.05) is 0 Å². The van der Waals surface area contributed by atoms with Crippen LogP contribution in [0, 0.1) is 0 Å². The number of aromatic nitrogens is 2. The third kappa shape index (κ3) is 3.05. The molecule has 104 valence electrons. The second-order valence-corrected chi connectivity index (χ2v) is 5.09. The first kappa shape index (κ1) is 12.9. The molecule has 5 nitrogen and oxygen atoms in total. The van der Waals surface area contributed by atoms with E-state index in [1.165, 1.54) is 11.3 Å². The lowest BCUT2D eigenvalue weighted by Gasteiger charge is -2.18. The summed E-state index contributed by atoms with van der Waals surface area (Å²) >= 11 is 0. The molecule has 1 saturated heterocycles. The van der Waals surface area contributed by atoms with Gasteiger partial charge in [-0.1, -0.05) is 12.1 Å². The van der Waals surface area contributed by atoms with Crippen molar-refractivity contribution in [2.45, 2.75) is 19.0 Å². The van der Waals surface area contributed by atoms with Crippen molar-refractivity contribution in [3.8, 4) is 0 Å². The van der Waals surface area contributed by atoms with Crippen molar-refractivity contribution in [2.24, 2.45) is 5.73 Å². The number of anilines is 2. The Morgan fingerprint density at radius 3 is 2.60 bits per heavy atom. The van der Waals surface area contributed by atoms with Gasteiger partial charge in [-0.15, -0.1) is 0 Å². The van der Waals surface area contributed by atoms with Crippen LogP contribution in [0.25, 0.3) is 0 Å². The van der Waals surface area contributed by atoms with Crippen LogP contribution in [0.3, 0.4) is 0 Å². The minimum absolute atomic E-state index is 0.312. The average molecular weight is 269 g/mol. The minimum Gasteiger partial charge on any atom is -0.370 e. The van der Waals surface area contributed by atoms with Crippen LogP contribution in [0.5, 0.6) is 0 Å². The highest BCUT2D eigenvalue weighted by Crippen LogP contribution is 2.20. The summed E-state index contributed by atoms with van der Waals surface area (Å²) in [7, 11) is 0. The zero-order valence-corrected chi connectivity index (χ0v) is 11.4. The maximum atomic E-state index is 5.94. The Hall–Kier alpha value is -2.14. The molecule has 2 heterocycles. The van der Waals surface area contributed by atoms with Gasteiger partial charge < -0.3 is 16.0 Å². The summed E-state index contributed by atoms with van der Waals surface area (Å²) in [5, 5.41) is 3.20. The Morgan fingerprint density at radius 2 is 1.95 bits per heavy atom. The molecule has 0 saturated carbocycles. The van der Waals surface area contributed by atoms with Crippen LogP contribution in [-0.2, 0) is 6.54 Å². The monoisotopic (exact) mass is 269 g/mol. The summed E-state index contributed by atoms with van der Waals surface area (Å²) in [6, 6.07) is 10.7. The summed E-state index contributed by atoms with van der Waals surface area (Å²) in [6.07, 6.45) is 4.54. The summed E-state index contributed by atoms with van der Waals surface area (Å²) in [6.45, 7) is 2.73. The number of nitrogens with one attached hydrogen (secondary N) is 1. The quantitative estimate of drug-likeness (QED) is 0.883. The third-order valence-corrected chi connectivity index (χ3v) is 3.54. The van der Waals surface area contributed by atoms with Gasteiger partial charge >= 0.3 is 0 Å². The molecule has 0 aliphatic carbocycles. The van der Waals surface area contributed by atoms with E-state index in [4.69, 9.17) is 5.73 Å². The maximum absolute atomic E-state index is 5.94. The van der Waals surface area contributed by atoms with Crippen LogP contribution >= 0.6 is 0 Å². The highest BCUT2D eigenvalue weighted by molar-refractivity contribution is 5.49. The molecule has 0 unspecified atom stereocenters. The lowest BCUT2D eigenvalue weighted by molar-refractivity contribution is 0.752. The average Bonchev–Trinajstić information content (AvgIpc) is 2.93. The number of nitrogens with two attached hydrogens (primary N) is 1. The smallest absolute Gasteiger partial charge is 0.222 e. The Kier molecular flexibility index (Phi) is 3.78. The van der Waals surface area contributed by atoms with Gasteiger partial charge in [0.1, 0.15) is 0 Å². The van der Waals surface area contributed by atoms with Crippen molar-refractivity contribution in [3.63, 3.8) is 0 Å². The van der Waals surface area contributed by atoms with Gasteiger partial charge in [-0.25, -0.2) is 9.97 Å². The van der Waals surface area contributed by atoms with E-state index in [-0.39, 0.29) is 0 Å². The van der Waals surface area contributed by atoms with E-state index in [2.05, 4.69) is 44.5 Å². The molecular formula is C15H19N5. The molecule has 5 heteroatoms. The molecule has 0 bridgehead atoms. The number of hydrogen-bond donors (Lipinski definition) is 2. The fraction of sp³-hybridized carbons (Fsp3) is 0.333. The van der Waals surface area contributed by atoms with Gasteiger partial charge in [0.05, 0.1) is 0 Å². The van der Waals surface area contributed by atoms with Gasteiger partial charge in [0.2, 0.25) is 5.95 Å². The molecule has 0 spiro atoms. The molecule has 3 rings (SSSR count). The SMILES string of the molecule is N[C@@H]1CCN(c2ccc(CNc3ncccn3)cc2)C1. The van der Waals surface area contributed by atoms with Crippen molar-refractivity contribution in [1.82, 2.24) is 9.97 Å². The van der Waals surface area contributed by atoms with E-state index in [1.54, 1.807) is 18.5 Å². The predicted octanol–water partition coefficient (Wildman–Crippen LogP) is 1.63. The maximum Gasteiger partial charge on any atom is 0.222 e. The van der Waals surface area contributed by atoms with Crippen molar-refractivity contribution in [1.29, 1.82) is 0 Å². The largest absolute Gasteiger partial charge is 0.370 e. The van der Waals surface area contributed by atoms with Gasteiger partial charge in [-0.3, -0.25) is 0 Å². The van der Waals surface area contributed by atoms with Crippen molar-refractivity contribution >= 4 is 11.6 Å². The minimum atomic E-state index is 0.312. The van der Waals surface area contributed by atoms with Crippen LogP contribution < -0.4 is 16.0 Å². The van der Waals surface area contributed by atoms with Crippen LogP contribution in [0.4, 0.5) is 11.6 Å². The van der Waals surface area contributed by atoms with E-state index < -0.39 is 0 Å². The van der Waals surface area contributed by atoms with Gasteiger partial charge in [-0.05, 0) is 30.2 Å². The molecule has 20 heavy (non-hydrogen) atoms. The molecule has 1 atom stereocenters. The topological polar surface area (TPSA) is 67.1 Å². The number of rotatable bonds is 4. The molecule has 1 fully saturated rings. The Labute approximate surface area is 118 Å². The molecule has 2 aromatic rings. The fourth-order valence-corrected chi connectivity index (χ4v) is 2.42. The second kappa shape index (κ2) is 5.88. The third-order valence-electron chi connectivity index (χ3n) is 3.54. The molecule has 0 amide bonds. The number of hydrogen-bond acceptors (Lipinski definition) is 5. The standard InChI is InChI=1S/C15H19N5/c16-13-6-9-20(11-13)14-4-2-12(3-5-14)10-19-15-17-7-1-8-18-15/h1-5,7-8,13H,6,9-11,16H2,(H,17,18,19)/t13-/m1/s1. The first-order chi connectivity index (χ1) is 9.81. The number of benzene rings is 1. The highest BCUT2D eigenvalue weighted by Gasteiger charge is 2.18. The van der Waals surface area contributed by atoms with Crippen LogP contribution in [0.15, 0.2) is 42.7 Å². The molecular weight excluding hydrogens is 250 g/mol. The molecule has 3 N–H and O–H groups in total. The normalized spacial score (nSPS) is 18.2. The second-order valence-electron chi connectivity index (χ2n) is 5.09. The van der Waals surface area contributed by atoms with Crippen LogP contribution in [0.2, 0.25) is 0 Å². The van der Waals surface area contributed by atoms with Gasteiger partial charge in [-0.2, -0.15) is 0 Å². The Bertz CT molecular complexity index is 540. The summed E-state index contributed by atoms with van der Waals surface area (Å²) in [5.74, 6) is 0.655. The fourth-order valence-electron chi connectivity index (χ4n) is 2.42. The molecule has 1 aliphatic rings. The van der Waals surface area contributed by atoms with Crippen molar-refractivity contribution in [3.05, 3.63) is 48.3 Å². The van der Waals surface area contributed by atoms with E-state index >= 15 is 0 Å². The highest BCUT2D eigenvalue weighted by atomic mass is 15.2. The Morgan fingerprint density at radius 1 is 1.20 bits per heavy atom. The molecule has 1 aromatic heterocycles. The van der Waals surface area contributed by atoms with Crippen LogP contribution in [-0.4, -0.2) is 29.1 Å². The lowest BCUT2D eigenvalue weighted by Crippen LogP contribution is -2.26. The summed E-state index contributed by atoms with van der Waals surface area (Å²) in [4.78, 5) is 10.6. The molecule has 0 radical (unpaired) electrons. The van der Waals surface area contributed by atoms with Gasteiger partial charge in [0.25, 0.3) is 0 Å². The first-order valence-corrected chi connectivity index (χ1v) is 6.91. The zero-order chi connectivity index (χ0) is 13.8. The van der Waals surface area contributed by atoms with Crippen molar-refractivity contribution < 1.29 is 0 Å². The molecule has 1 aliphatic heterocycles.